The molecular formula is C18H19FN2O3. The predicted octanol–water partition coefficient (Wildman–Crippen LogP) is 2.90. The van der Waals surface area contributed by atoms with Crippen molar-refractivity contribution in [1.29, 1.82) is 0 Å². The maximum Gasteiger partial charge on any atom is 0.251 e. The molecular weight excluding hydrogens is 311 g/mol. The summed E-state index contributed by atoms with van der Waals surface area (Å²) in [6.45, 7) is 3.62. The molecule has 0 bridgehead atoms. The van der Waals surface area contributed by atoms with Crippen molar-refractivity contribution in [2.24, 2.45) is 0 Å². The highest BCUT2D eigenvalue weighted by molar-refractivity contribution is 5.94. The van der Waals surface area contributed by atoms with Gasteiger partial charge in [-0.1, -0.05) is 6.07 Å². The van der Waals surface area contributed by atoms with Gasteiger partial charge in [0, 0.05) is 24.2 Å². The van der Waals surface area contributed by atoms with Gasteiger partial charge >= 0.3 is 0 Å². The van der Waals surface area contributed by atoms with Gasteiger partial charge in [0.2, 0.25) is 5.91 Å². The van der Waals surface area contributed by atoms with E-state index in [0.29, 0.717) is 29.1 Å². The Hall–Kier alpha value is -2.89. The molecule has 24 heavy (non-hydrogen) atoms. The Kier molecular flexibility index (Phi) is 5.89. The molecule has 2 N–H and O–H groups in total. The quantitative estimate of drug-likeness (QED) is 0.800. The summed E-state index contributed by atoms with van der Waals surface area (Å²) < 4.78 is 18.7. The number of rotatable bonds is 6. The summed E-state index contributed by atoms with van der Waals surface area (Å²) in [5.41, 5.74) is 1.47. The van der Waals surface area contributed by atoms with Crippen molar-refractivity contribution in [3.05, 3.63) is 59.4 Å². The van der Waals surface area contributed by atoms with Gasteiger partial charge in [-0.2, -0.15) is 0 Å². The Morgan fingerprint density at radius 2 is 1.96 bits per heavy atom. The van der Waals surface area contributed by atoms with Gasteiger partial charge in [-0.3, -0.25) is 9.59 Å². The van der Waals surface area contributed by atoms with Crippen LogP contribution in [0.4, 0.5) is 10.1 Å². The van der Waals surface area contributed by atoms with Gasteiger partial charge in [0.15, 0.2) is 0 Å². The van der Waals surface area contributed by atoms with E-state index in [1.54, 1.807) is 31.2 Å². The van der Waals surface area contributed by atoms with E-state index in [2.05, 4.69) is 10.6 Å². The topological polar surface area (TPSA) is 67.4 Å². The molecule has 0 atom stereocenters. The van der Waals surface area contributed by atoms with Gasteiger partial charge in [-0.25, -0.2) is 4.39 Å². The van der Waals surface area contributed by atoms with Crippen LogP contribution in [0.15, 0.2) is 42.5 Å². The third-order valence-electron chi connectivity index (χ3n) is 3.23. The first-order valence-corrected chi connectivity index (χ1v) is 7.50. The van der Waals surface area contributed by atoms with Crippen LogP contribution in [0.5, 0.6) is 5.75 Å². The lowest BCUT2D eigenvalue weighted by atomic mass is 10.1. The second-order valence-corrected chi connectivity index (χ2v) is 5.28. The molecule has 2 aromatic rings. The summed E-state index contributed by atoms with van der Waals surface area (Å²) in [6.07, 6.45) is 0. The van der Waals surface area contributed by atoms with Gasteiger partial charge in [0.05, 0.1) is 6.54 Å². The zero-order valence-electron chi connectivity index (χ0n) is 13.6. The van der Waals surface area contributed by atoms with Gasteiger partial charge in [0.25, 0.3) is 5.91 Å². The lowest BCUT2D eigenvalue weighted by molar-refractivity contribution is -0.114. The summed E-state index contributed by atoms with van der Waals surface area (Å²) in [4.78, 5) is 23.0. The molecule has 0 fully saturated rings. The van der Waals surface area contributed by atoms with E-state index >= 15 is 0 Å². The third kappa shape index (κ3) is 5.08. The van der Waals surface area contributed by atoms with Crippen molar-refractivity contribution in [2.75, 3.05) is 18.5 Å². The molecule has 0 radical (unpaired) electrons. The lowest BCUT2D eigenvalue weighted by Gasteiger charge is -2.10. The largest absolute Gasteiger partial charge is 0.492 e. The summed E-state index contributed by atoms with van der Waals surface area (Å²) in [5, 5.41) is 5.37. The van der Waals surface area contributed by atoms with Crippen LogP contribution in [0.1, 0.15) is 22.8 Å². The van der Waals surface area contributed by atoms with Gasteiger partial charge in [-0.05, 0) is 42.8 Å². The number of nitrogens with one attached hydrogen (secondary N) is 2. The summed E-state index contributed by atoms with van der Waals surface area (Å²) in [6, 6.07) is 11.2. The summed E-state index contributed by atoms with van der Waals surface area (Å²) in [5.74, 6) is -0.190. The normalized spacial score (nSPS) is 10.1. The lowest BCUT2D eigenvalue weighted by Crippen LogP contribution is -2.28. The Bertz CT molecular complexity index is 747. The highest BCUT2D eigenvalue weighted by Gasteiger charge is 2.07. The highest BCUT2D eigenvalue weighted by atomic mass is 19.1. The van der Waals surface area contributed by atoms with E-state index in [9.17, 15) is 14.0 Å². The summed E-state index contributed by atoms with van der Waals surface area (Å²) in [7, 11) is 0. The number of ether oxygens (including phenoxy) is 1. The Morgan fingerprint density at radius 3 is 2.67 bits per heavy atom. The van der Waals surface area contributed by atoms with Gasteiger partial charge in [-0.15, -0.1) is 0 Å². The van der Waals surface area contributed by atoms with Crippen molar-refractivity contribution in [2.45, 2.75) is 13.8 Å². The van der Waals surface area contributed by atoms with E-state index in [1.807, 2.05) is 0 Å². The Labute approximate surface area is 139 Å². The molecule has 0 spiro atoms. The minimum atomic E-state index is -0.339. The van der Waals surface area contributed by atoms with Crippen LogP contribution in [-0.4, -0.2) is 25.0 Å². The fraction of sp³-hybridized carbons (Fsp3) is 0.222. The van der Waals surface area contributed by atoms with E-state index in [-0.39, 0.29) is 24.2 Å². The molecule has 126 valence electrons. The number of aryl methyl sites for hydroxylation is 1. The number of hydrogen-bond donors (Lipinski definition) is 2. The fourth-order valence-electron chi connectivity index (χ4n) is 2.09. The van der Waals surface area contributed by atoms with Crippen molar-refractivity contribution in [1.82, 2.24) is 5.32 Å². The van der Waals surface area contributed by atoms with Crippen molar-refractivity contribution in [3.63, 3.8) is 0 Å². The number of benzene rings is 2. The predicted molar refractivity (Wildman–Crippen MR) is 89.7 cm³/mol. The molecule has 0 aliphatic heterocycles. The smallest absolute Gasteiger partial charge is 0.251 e. The van der Waals surface area contributed by atoms with Crippen LogP contribution in [0.25, 0.3) is 0 Å². The van der Waals surface area contributed by atoms with Crippen LogP contribution >= 0.6 is 0 Å². The number of carbonyl (C=O) groups excluding carboxylic acids is 2. The Morgan fingerprint density at radius 1 is 1.17 bits per heavy atom. The van der Waals surface area contributed by atoms with Crippen LogP contribution in [0.2, 0.25) is 0 Å². The zero-order chi connectivity index (χ0) is 17.5. The molecule has 0 aliphatic carbocycles. The third-order valence-corrected chi connectivity index (χ3v) is 3.23. The molecule has 0 saturated carbocycles. The molecule has 0 heterocycles. The van der Waals surface area contributed by atoms with E-state index in [1.165, 1.54) is 25.1 Å². The standard InChI is InChI=1S/C18H19FN2O3/c1-12-10-14(6-7-17(12)19)18(23)20-8-9-24-16-5-3-4-15(11-16)21-13(2)22/h3-7,10-11H,8-9H2,1-2H3,(H,20,23)(H,21,22). The van der Waals surface area contributed by atoms with Crippen LogP contribution in [0.3, 0.4) is 0 Å². The maximum atomic E-state index is 13.2. The minimum absolute atomic E-state index is 0.158. The first-order valence-electron chi connectivity index (χ1n) is 7.50. The molecule has 2 amide bonds. The number of amides is 2. The van der Waals surface area contributed by atoms with Crippen molar-refractivity contribution in [3.8, 4) is 5.75 Å². The molecule has 5 nitrogen and oxygen atoms in total. The molecule has 0 saturated heterocycles. The van der Waals surface area contributed by atoms with Crippen molar-refractivity contribution < 1.29 is 18.7 Å². The average molecular weight is 330 g/mol. The molecule has 2 aromatic carbocycles. The highest BCUT2D eigenvalue weighted by Crippen LogP contribution is 2.17. The molecule has 2 rings (SSSR count). The van der Waals surface area contributed by atoms with Crippen LogP contribution in [0, 0.1) is 12.7 Å². The molecule has 6 heteroatoms. The number of carbonyl (C=O) groups is 2. The van der Waals surface area contributed by atoms with E-state index in [4.69, 9.17) is 4.74 Å². The van der Waals surface area contributed by atoms with Gasteiger partial charge < -0.3 is 15.4 Å². The zero-order valence-corrected chi connectivity index (χ0v) is 13.6. The second-order valence-electron chi connectivity index (χ2n) is 5.28. The van der Waals surface area contributed by atoms with E-state index < -0.39 is 0 Å². The summed E-state index contributed by atoms with van der Waals surface area (Å²) >= 11 is 0. The first kappa shape index (κ1) is 17.5. The van der Waals surface area contributed by atoms with Crippen molar-refractivity contribution >= 4 is 17.5 Å². The first-order chi connectivity index (χ1) is 11.5. The maximum absolute atomic E-state index is 13.2. The van der Waals surface area contributed by atoms with Crippen LogP contribution < -0.4 is 15.4 Å². The number of hydrogen-bond acceptors (Lipinski definition) is 3. The number of halogens is 1. The molecule has 0 unspecified atom stereocenters. The number of anilines is 1. The molecule has 0 aliphatic rings. The monoisotopic (exact) mass is 330 g/mol. The minimum Gasteiger partial charge on any atom is -0.492 e. The van der Waals surface area contributed by atoms with Crippen LogP contribution in [-0.2, 0) is 4.79 Å². The van der Waals surface area contributed by atoms with E-state index in [0.717, 1.165) is 0 Å². The fourth-order valence-corrected chi connectivity index (χ4v) is 2.09. The Balaban J connectivity index is 1.81. The van der Waals surface area contributed by atoms with Gasteiger partial charge in [0.1, 0.15) is 18.2 Å². The SMILES string of the molecule is CC(=O)Nc1cccc(OCCNC(=O)c2ccc(F)c(C)c2)c1. The average Bonchev–Trinajstić information content (AvgIpc) is 2.53. The second kappa shape index (κ2) is 8.10. The molecule has 0 aromatic heterocycles.